The van der Waals surface area contributed by atoms with Gasteiger partial charge in [0, 0.05) is 6.08 Å². The molecule has 1 aromatic rings. The molecule has 1 rings (SSSR count). The van der Waals surface area contributed by atoms with E-state index in [1.54, 1.807) is 32.9 Å². The molecular formula is C12H14O3S. The Morgan fingerprint density at radius 1 is 1.31 bits per heavy atom. The van der Waals surface area contributed by atoms with Crippen LogP contribution in [0.15, 0.2) is 29.7 Å². The van der Waals surface area contributed by atoms with Crippen molar-refractivity contribution in [3.8, 4) is 0 Å². The van der Waals surface area contributed by atoms with Crippen LogP contribution in [0.3, 0.4) is 0 Å². The summed E-state index contributed by atoms with van der Waals surface area (Å²) < 4.78 is 5.03. The molecule has 1 heterocycles. The highest BCUT2D eigenvalue weighted by Crippen LogP contribution is 2.10. The van der Waals surface area contributed by atoms with Gasteiger partial charge in [0.1, 0.15) is 5.60 Å². The highest BCUT2D eigenvalue weighted by molar-refractivity contribution is 7.12. The first-order valence-corrected chi connectivity index (χ1v) is 5.75. The fourth-order valence-corrected chi connectivity index (χ4v) is 1.63. The van der Waals surface area contributed by atoms with Gasteiger partial charge in [0.25, 0.3) is 0 Å². The molecule has 0 aliphatic heterocycles. The van der Waals surface area contributed by atoms with Gasteiger partial charge in [0.05, 0.1) is 4.88 Å². The lowest BCUT2D eigenvalue weighted by atomic mass is 10.2. The lowest BCUT2D eigenvalue weighted by Gasteiger charge is -2.17. The number of rotatable bonds is 3. The van der Waals surface area contributed by atoms with Crippen molar-refractivity contribution in [2.45, 2.75) is 26.4 Å². The van der Waals surface area contributed by atoms with E-state index < -0.39 is 11.6 Å². The van der Waals surface area contributed by atoms with Gasteiger partial charge in [-0.25, -0.2) is 4.79 Å². The first-order chi connectivity index (χ1) is 7.38. The third-order valence-electron chi connectivity index (χ3n) is 1.54. The summed E-state index contributed by atoms with van der Waals surface area (Å²) in [7, 11) is 0. The van der Waals surface area contributed by atoms with Gasteiger partial charge in [0.2, 0.25) is 0 Å². The van der Waals surface area contributed by atoms with Crippen LogP contribution in [0.2, 0.25) is 0 Å². The molecular weight excluding hydrogens is 224 g/mol. The predicted octanol–water partition coefficient (Wildman–Crippen LogP) is 2.83. The molecule has 0 N–H and O–H groups in total. The molecule has 0 aromatic carbocycles. The standard InChI is InChI=1S/C12H14O3S/c1-12(2,3)15-11(14)7-6-9(13)10-5-4-8-16-10/h4-8H,1-3H3/b7-6+. The SMILES string of the molecule is CC(C)(C)OC(=O)/C=C/C(=O)c1cccs1. The molecule has 0 fully saturated rings. The van der Waals surface area contributed by atoms with Crippen molar-refractivity contribution >= 4 is 23.1 Å². The molecule has 0 saturated carbocycles. The number of ketones is 1. The van der Waals surface area contributed by atoms with Crippen molar-refractivity contribution in [1.29, 1.82) is 0 Å². The highest BCUT2D eigenvalue weighted by atomic mass is 32.1. The van der Waals surface area contributed by atoms with Gasteiger partial charge in [-0.1, -0.05) is 6.07 Å². The van der Waals surface area contributed by atoms with Crippen molar-refractivity contribution in [2.75, 3.05) is 0 Å². The van der Waals surface area contributed by atoms with E-state index in [0.717, 1.165) is 6.08 Å². The van der Waals surface area contributed by atoms with E-state index in [4.69, 9.17) is 4.74 Å². The molecule has 3 nitrogen and oxygen atoms in total. The lowest BCUT2D eigenvalue weighted by molar-refractivity contribution is -0.148. The van der Waals surface area contributed by atoms with Crippen molar-refractivity contribution < 1.29 is 14.3 Å². The van der Waals surface area contributed by atoms with Gasteiger partial charge in [-0.2, -0.15) is 0 Å². The number of allylic oxidation sites excluding steroid dienone is 1. The first-order valence-electron chi connectivity index (χ1n) is 4.87. The van der Waals surface area contributed by atoms with E-state index in [2.05, 4.69) is 0 Å². The number of hydrogen-bond donors (Lipinski definition) is 0. The summed E-state index contributed by atoms with van der Waals surface area (Å²) in [5.41, 5.74) is -0.534. The maximum Gasteiger partial charge on any atom is 0.331 e. The number of ether oxygens (including phenoxy) is 1. The molecule has 4 heteroatoms. The Balaban J connectivity index is 2.55. The molecule has 1 aromatic heterocycles. The highest BCUT2D eigenvalue weighted by Gasteiger charge is 2.14. The number of esters is 1. The van der Waals surface area contributed by atoms with Gasteiger partial charge >= 0.3 is 5.97 Å². The van der Waals surface area contributed by atoms with Crippen LogP contribution in [0.5, 0.6) is 0 Å². The van der Waals surface area contributed by atoms with Crippen LogP contribution in [0.4, 0.5) is 0 Å². The minimum atomic E-state index is -0.534. The third-order valence-corrected chi connectivity index (χ3v) is 2.43. The van der Waals surface area contributed by atoms with Gasteiger partial charge in [0.15, 0.2) is 5.78 Å². The second-order valence-electron chi connectivity index (χ2n) is 4.21. The van der Waals surface area contributed by atoms with E-state index in [9.17, 15) is 9.59 Å². The molecule has 0 radical (unpaired) electrons. The molecule has 0 atom stereocenters. The summed E-state index contributed by atoms with van der Waals surface area (Å²) in [4.78, 5) is 23.4. The zero-order chi connectivity index (χ0) is 12.2. The van der Waals surface area contributed by atoms with Crippen molar-refractivity contribution in [2.24, 2.45) is 0 Å². The van der Waals surface area contributed by atoms with Crippen LogP contribution in [-0.4, -0.2) is 17.4 Å². The van der Waals surface area contributed by atoms with Gasteiger partial charge in [-0.05, 0) is 38.3 Å². The van der Waals surface area contributed by atoms with E-state index in [1.807, 2.05) is 5.38 Å². The monoisotopic (exact) mass is 238 g/mol. The van der Waals surface area contributed by atoms with Crippen molar-refractivity contribution in [1.82, 2.24) is 0 Å². The minimum Gasteiger partial charge on any atom is -0.457 e. The molecule has 0 aliphatic rings. The smallest absolute Gasteiger partial charge is 0.331 e. The molecule has 0 saturated heterocycles. The zero-order valence-electron chi connectivity index (χ0n) is 9.52. The van der Waals surface area contributed by atoms with Crippen LogP contribution in [0.1, 0.15) is 30.4 Å². The largest absolute Gasteiger partial charge is 0.457 e. The van der Waals surface area contributed by atoms with E-state index in [0.29, 0.717) is 4.88 Å². The van der Waals surface area contributed by atoms with Crippen molar-refractivity contribution in [3.05, 3.63) is 34.5 Å². The number of hydrogen-bond acceptors (Lipinski definition) is 4. The summed E-state index contributed by atoms with van der Waals surface area (Å²) in [5.74, 6) is -0.682. The molecule has 0 amide bonds. The minimum absolute atomic E-state index is 0.180. The Labute approximate surface area is 98.7 Å². The maximum absolute atomic E-state index is 11.5. The molecule has 16 heavy (non-hydrogen) atoms. The number of thiophene rings is 1. The van der Waals surface area contributed by atoms with Gasteiger partial charge in [-0.3, -0.25) is 4.79 Å². The average Bonchev–Trinajstić information content (AvgIpc) is 2.64. The summed E-state index contributed by atoms with van der Waals surface area (Å²) >= 11 is 1.34. The van der Waals surface area contributed by atoms with E-state index >= 15 is 0 Å². The topological polar surface area (TPSA) is 43.4 Å². The van der Waals surface area contributed by atoms with Gasteiger partial charge in [-0.15, -0.1) is 11.3 Å². The second kappa shape index (κ2) is 5.07. The Morgan fingerprint density at radius 3 is 2.50 bits per heavy atom. The first kappa shape index (κ1) is 12.6. The summed E-state index contributed by atoms with van der Waals surface area (Å²) in [6, 6.07) is 3.51. The van der Waals surface area contributed by atoms with Gasteiger partial charge < -0.3 is 4.74 Å². The lowest BCUT2D eigenvalue weighted by Crippen LogP contribution is -2.22. The number of carbonyl (C=O) groups excluding carboxylic acids is 2. The normalized spacial score (nSPS) is 11.7. The molecule has 0 unspecified atom stereocenters. The molecule has 0 spiro atoms. The summed E-state index contributed by atoms with van der Waals surface area (Å²) in [6.45, 7) is 5.33. The van der Waals surface area contributed by atoms with E-state index in [1.165, 1.54) is 17.4 Å². The Kier molecular flexibility index (Phi) is 4.01. The Bertz CT molecular complexity index is 396. The van der Waals surface area contributed by atoms with E-state index in [-0.39, 0.29) is 5.78 Å². The third kappa shape index (κ3) is 4.40. The molecule has 0 aliphatic carbocycles. The van der Waals surface area contributed by atoms with Crippen LogP contribution in [0.25, 0.3) is 0 Å². The zero-order valence-corrected chi connectivity index (χ0v) is 10.3. The molecule has 0 bridgehead atoms. The fraction of sp³-hybridized carbons (Fsp3) is 0.333. The Morgan fingerprint density at radius 2 is 2.00 bits per heavy atom. The second-order valence-corrected chi connectivity index (χ2v) is 5.16. The number of carbonyl (C=O) groups is 2. The van der Waals surface area contributed by atoms with Crippen LogP contribution in [0, 0.1) is 0 Å². The molecule has 86 valence electrons. The fourth-order valence-electron chi connectivity index (χ4n) is 0.980. The Hall–Kier alpha value is -1.42. The van der Waals surface area contributed by atoms with Crippen molar-refractivity contribution in [3.63, 3.8) is 0 Å². The maximum atomic E-state index is 11.5. The van der Waals surface area contributed by atoms with Crippen LogP contribution < -0.4 is 0 Å². The quantitative estimate of drug-likeness (QED) is 0.462. The summed E-state index contributed by atoms with van der Waals surface area (Å²) in [5, 5.41) is 1.81. The predicted molar refractivity (Wildman–Crippen MR) is 63.6 cm³/mol. The average molecular weight is 238 g/mol. The summed E-state index contributed by atoms with van der Waals surface area (Å²) in [6.07, 6.45) is 2.40. The van der Waals surface area contributed by atoms with Crippen LogP contribution in [-0.2, 0) is 9.53 Å². The van der Waals surface area contributed by atoms with Crippen LogP contribution >= 0.6 is 11.3 Å².